The Kier molecular flexibility index (Phi) is 4.21. The number of ether oxygens (including phenoxy) is 1. The minimum atomic E-state index is -0.268. The Morgan fingerprint density at radius 1 is 1.36 bits per heavy atom. The summed E-state index contributed by atoms with van der Waals surface area (Å²) in [6, 6.07) is 5.89. The first-order chi connectivity index (χ1) is 12.0. The van der Waals surface area contributed by atoms with E-state index in [1.165, 1.54) is 0 Å². The molecule has 0 N–H and O–H groups in total. The minimum absolute atomic E-state index is 0.00661. The van der Waals surface area contributed by atoms with Gasteiger partial charge in [0.15, 0.2) is 0 Å². The van der Waals surface area contributed by atoms with Crippen LogP contribution >= 0.6 is 11.3 Å². The first-order valence-corrected chi connectivity index (χ1v) is 9.36. The molecule has 0 bridgehead atoms. The van der Waals surface area contributed by atoms with Crippen LogP contribution in [0.5, 0.6) is 0 Å². The molecule has 0 radical (unpaired) electrons. The van der Waals surface area contributed by atoms with E-state index in [1.807, 2.05) is 30.0 Å². The summed E-state index contributed by atoms with van der Waals surface area (Å²) in [6.07, 6.45) is 1.26. The number of anilines is 1. The van der Waals surface area contributed by atoms with Crippen molar-refractivity contribution in [1.82, 2.24) is 9.88 Å². The number of aryl methyl sites for hydroxylation is 1. The lowest BCUT2D eigenvalue weighted by molar-refractivity contribution is -0.135. The van der Waals surface area contributed by atoms with Crippen molar-refractivity contribution < 1.29 is 14.3 Å². The molecule has 2 saturated heterocycles. The SMILES string of the molecule is COC1CCN(C(=O)C2CC(=O)N(c3ccc4sc(C)nc4c3)C2)C1. The fourth-order valence-electron chi connectivity index (χ4n) is 3.70. The number of hydrogen-bond acceptors (Lipinski definition) is 5. The van der Waals surface area contributed by atoms with Crippen LogP contribution in [0.2, 0.25) is 0 Å². The van der Waals surface area contributed by atoms with E-state index in [0.717, 1.165) is 27.3 Å². The van der Waals surface area contributed by atoms with E-state index >= 15 is 0 Å². The molecule has 1 aromatic carbocycles. The lowest BCUT2D eigenvalue weighted by Gasteiger charge is -2.21. The van der Waals surface area contributed by atoms with E-state index in [0.29, 0.717) is 19.6 Å². The van der Waals surface area contributed by atoms with Gasteiger partial charge in [0.05, 0.1) is 27.2 Å². The van der Waals surface area contributed by atoms with Crippen LogP contribution in [0.25, 0.3) is 10.2 Å². The van der Waals surface area contributed by atoms with Crippen molar-refractivity contribution in [2.75, 3.05) is 31.6 Å². The van der Waals surface area contributed by atoms with Gasteiger partial charge in [0.1, 0.15) is 0 Å². The summed E-state index contributed by atoms with van der Waals surface area (Å²) in [4.78, 5) is 33.3. The van der Waals surface area contributed by atoms with Crippen LogP contribution < -0.4 is 4.90 Å². The third-order valence-corrected chi connectivity index (χ3v) is 6.01. The smallest absolute Gasteiger partial charge is 0.228 e. The zero-order chi connectivity index (χ0) is 17.6. The van der Waals surface area contributed by atoms with Crippen molar-refractivity contribution in [3.63, 3.8) is 0 Å². The molecule has 132 valence electrons. The molecular formula is C18H21N3O3S. The molecule has 2 amide bonds. The molecule has 0 saturated carbocycles. The first kappa shape index (κ1) is 16.5. The number of fused-ring (bicyclic) bond motifs is 1. The molecule has 25 heavy (non-hydrogen) atoms. The van der Waals surface area contributed by atoms with Crippen molar-refractivity contribution in [3.8, 4) is 0 Å². The number of nitrogens with zero attached hydrogens (tertiary/aromatic N) is 3. The number of thiazole rings is 1. The third kappa shape index (κ3) is 3.02. The zero-order valence-corrected chi connectivity index (χ0v) is 15.2. The Bertz CT molecular complexity index is 834. The van der Waals surface area contributed by atoms with E-state index in [9.17, 15) is 9.59 Å². The Labute approximate surface area is 150 Å². The van der Waals surface area contributed by atoms with E-state index in [-0.39, 0.29) is 30.3 Å². The molecule has 7 heteroatoms. The fourth-order valence-corrected chi connectivity index (χ4v) is 4.51. The van der Waals surface area contributed by atoms with E-state index < -0.39 is 0 Å². The van der Waals surface area contributed by atoms with Gasteiger partial charge in [-0.15, -0.1) is 11.3 Å². The molecule has 2 aliphatic rings. The predicted molar refractivity (Wildman–Crippen MR) is 96.8 cm³/mol. The number of aromatic nitrogens is 1. The standard InChI is InChI=1S/C18H21N3O3S/c1-11-19-15-8-13(3-4-16(15)25-11)21-9-12(7-17(21)22)18(23)20-6-5-14(10-20)24-2/h3-4,8,12,14H,5-7,9-10H2,1-2H3. The second-order valence-corrected chi connectivity index (χ2v) is 7.96. The summed E-state index contributed by atoms with van der Waals surface area (Å²) >= 11 is 1.64. The number of hydrogen-bond donors (Lipinski definition) is 0. The molecule has 0 spiro atoms. The molecular weight excluding hydrogens is 338 g/mol. The number of rotatable bonds is 3. The Morgan fingerprint density at radius 2 is 2.20 bits per heavy atom. The molecule has 2 atom stereocenters. The highest BCUT2D eigenvalue weighted by Crippen LogP contribution is 2.31. The first-order valence-electron chi connectivity index (χ1n) is 8.54. The van der Waals surface area contributed by atoms with Gasteiger partial charge in [-0.25, -0.2) is 4.98 Å². The largest absolute Gasteiger partial charge is 0.380 e. The maximum Gasteiger partial charge on any atom is 0.228 e. The Morgan fingerprint density at radius 3 is 2.96 bits per heavy atom. The van der Waals surface area contributed by atoms with Crippen LogP contribution in [0.1, 0.15) is 17.8 Å². The molecule has 6 nitrogen and oxygen atoms in total. The molecule has 1 aromatic heterocycles. The van der Waals surface area contributed by atoms with Gasteiger partial charge in [0.2, 0.25) is 11.8 Å². The number of likely N-dealkylation sites (tertiary alicyclic amines) is 1. The van der Waals surface area contributed by atoms with Crippen molar-refractivity contribution in [3.05, 3.63) is 23.2 Å². The number of amides is 2. The highest BCUT2D eigenvalue weighted by molar-refractivity contribution is 7.18. The molecule has 2 aliphatic heterocycles. The van der Waals surface area contributed by atoms with Crippen molar-refractivity contribution >= 4 is 39.1 Å². The van der Waals surface area contributed by atoms with Crippen LogP contribution in [0.15, 0.2) is 18.2 Å². The fraction of sp³-hybridized carbons (Fsp3) is 0.500. The normalized spacial score (nSPS) is 23.8. The number of carbonyl (C=O) groups is 2. The van der Waals surface area contributed by atoms with E-state index in [2.05, 4.69) is 4.98 Å². The minimum Gasteiger partial charge on any atom is -0.380 e. The van der Waals surface area contributed by atoms with Gasteiger partial charge in [-0.2, -0.15) is 0 Å². The van der Waals surface area contributed by atoms with E-state index in [4.69, 9.17) is 4.74 Å². The van der Waals surface area contributed by atoms with Crippen molar-refractivity contribution in [2.45, 2.75) is 25.9 Å². The summed E-state index contributed by atoms with van der Waals surface area (Å²) in [7, 11) is 1.68. The molecule has 0 aliphatic carbocycles. The average Bonchev–Trinajstić information content (AvgIpc) is 3.30. The van der Waals surface area contributed by atoms with Crippen molar-refractivity contribution in [2.24, 2.45) is 5.92 Å². The van der Waals surface area contributed by atoms with Gasteiger partial charge in [0, 0.05) is 38.9 Å². The molecule has 3 heterocycles. The summed E-state index contributed by atoms with van der Waals surface area (Å²) in [5, 5.41) is 1.01. The number of methoxy groups -OCH3 is 1. The lowest BCUT2D eigenvalue weighted by atomic mass is 10.1. The summed E-state index contributed by atoms with van der Waals surface area (Å²) in [6.45, 7) is 3.76. The number of benzene rings is 1. The summed E-state index contributed by atoms with van der Waals surface area (Å²) in [5.74, 6) is -0.191. The highest BCUT2D eigenvalue weighted by atomic mass is 32.1. The topological polar surface area (TPSA) is 62.7 Å². The van der Waals surface area contributed by atoms with Crippen molar-refractivity contribution in [1.29, 1.82) is 0 Å². The Balaban J connectivity index is 1.50. The van der Waals surface area contributed by atoms with Gasteiger partial charge in [-0.05, 0) is 31.5 Å². The van der Waals surface area contributed by atoms with Gasteiger partial charge in [-0.3, -0.25) is 9.59 Å². The summed E-state index contributed by atoms with van der Waals surface area (Å²) < 4.78 is 6.45. The monoisotopic (exact) mass is 359 g/mol. The van der Waals surface area contributed by atoms with Gasteiger partial charge in [-0.1, -0.05) is 0 Å². The van der Waals surface area contributed by atoms with Gasteiger partial charge >= 0.3 is 0 Å². The average molecular weight is 359 g/mol. The van der Waals surface area contributed by atoms with Crippen LogP contribution in [-0.2, 0) is 14.3 Å². The van der Waals surface area contributed by atoms with Gasteiger partial charge < -0.3 is 14.5 Å². The predicted octanol–water partition coefficient (Wildman–Crippen LogP) is 2.20. The van der Waals surface area contributed by atoms with Crippen LogP contribution in [-0.4, -0.2) is 54.5 Å². The quantitative estimate of drug-likeness (QED) is 0.843. The summed E-state index contributed by atoms with van der Waals surface area (Å²) in [5.41, 5.74) is 1.74. The van der Waals surface area contributed by atoms with E-state index in [1.54, 1.807) is 23.3 Å². The van der Waals surface area contributed by atoms with Crippen LogP contribution in [0.4, 0.5) is 5.69 Å². The van der Waals surface area contributed by atoms with Gasteiger partial charge in [0.25, 0.3) is 0 Å². The van der Waals surface area contributed by atoms with Crippen LogP contribution in [0.3, 0.4) is 0 Å². The molecule has 4 rings (SSSR count). The number of carbonyl (C=O) groups excluding carboxylic acids is 2. The highest BCUT2D eigenvalue weighted by Gasteiger charge is 2.39. The molecule has 2 fully saturated rings. The van der Waals surface area contributed by atoms with Crippen LogP contribution in [0, 0.1) is 12.8 Å². The maximum atomic E-state index is 12.7. The second-order valence-electron chi connectivity index (χ2n) is 6.72. The Hall–Kier alpha value is -1.99. The third-order valence-electron chi connectivity index (χ3n) is 5.05. The lowest BCUT2D eigenvalue weighted by Crippen LogP contribution is -2.36. The molecule has 2 aromatic rings. The zero-order valence-electron chi connectivity index (χ0n) is 14.4. The maximum absolute atomic E-state index is 12.7. The molecule has 2 unspecified atom stereocenters. The second kappa shape index (κ2) is 6.38.